The topological polar surface area (TPSA) is 69.2 Å². The fourth-order valence-corrected chi connectivity index (χ4v) is 4.70. The molecule has 0 radical (unpaired) electrons. The molecular weight excluding hydrogens is 414 g/mol. The van der Waals surface area contributed by atoms with Crippen molar-refractivity contribution in [2.75, 3.05) is 6.61 Å². The molecule has 0 aliphatic heterocycles. The number of aliphatic hydroxyl groups excluding tert-OH is 1. The molecule has 2 heterocycles. The summed E-state index contributed by atoms with van der Waals surface area (Å²) in [5.74, 6) is 0.276. The lowest BCUT2D eigenvalue weighted by atomic mass is 10.0. The number of aliphatic hydroxyl groups is 1. The molecule has 4 rings (SSSR count). The summed E-state index contributed by atoms with van der Waals surface area (Å²) in [6.07, 6.45) is 5.23. The predicted octanol–water partition coefficient (Wildman–Crippen LogP) is 4.06. The minimum atomic E-state index is -0.268. The van der Waals surface area contributed by atoms with Gasteiger partial charge < -0.3 is 9.67 Å². The third kappa shape index (κ3) is 4.53. The lowest BCUT2D eigenvalue weighted by Gasteiger charge is -2.12. The van der Waals surface area contributed by atoms with Crippen LogP contribution in [0.25, 0.3) is 21.7 Å². The Labute approximate surface area is 193 Å². The van der Waals surface area contributed by atoms with Gasteiger partial charge in [0.2, 0.25) is 0 Å². The number of nitrogens with zero attached hydrogens (tertiary/aromatic N) is 3. The van der Waals surface area contributed by atoms with Crippen LogP contribution in [0.5, 0.6) is 0 Å². The molecule has 0 bridgehead atoms. The van der Waals surface area contributed by atoms with E-state index in [1.165, 1.54) is 20.9 Å². The molecule has 0 fully saturated rings. The zero-order valence-electron chi connectivity index (χ0n) is 19.8. The van der Waals surface area contributed by atoms with E-state index in [9.17, 15) is 14.7 Å². The monoisotopic (exact) mass is 447 g/mol. The van der Waals surface area contributed by atoms with Gasteiger partial charge in [-0.1, -0.05) is 62.7 Å². The van der Waals surface area contributed by atoms with E-state index in [4.69, 9.17) is 0 Å². The van der Waals surface area contributed by atoms with Gasteiger partial charge in [0.05, 0.1) is 10.9 Å². The molecule has 0 amide bonds. The van der Waals surface area contributed by atoms with Crippen LogP contribution < -0.4 is 11.2 Å². The van der Waals surface area contributed by atoms with Crippen LogP contribution in [-0.4, -0.2) is 25.4 Å². The first-order chi connectivity index (χ1) is 15.9. The number of rotatable bonds is 9. The van der Waals surface area contributed by atoms with Gasteiger partial charge in [-0.2, -0.15) is 0 Å². The zero-order chi connectivity index (χ0) is 23.5. The number of unbranched alkanes of at least 4 members (excludes halogenated alkanes) is 2. The number of hydrogen-bond acceptors (Lipinski definition) is 3. The van der Waals surface area contributed by atoms with Gasteiger partial charge in [-0.05, 0) is 41.5 Å². The summed E-state index contributed by atoms with van der Waals surface area (Å²) < 4.78 is 5.14. The normalized spacial score (nSPS) is 11.8. The van der Waals surface area contributed by atoms with Crippen LogP contribution in [0.4, 0.5) is 0 Å². The van der Waals surface area contributed by atoms with Crippen LogP contribution in [0.15, 0.2) is 58.3 Å². The SMILES string of the molecule is CC(C)Cn1c(=O)n(C)c(=O)c2c(CCCCCO)n(Cc3cccc4ccccc34)cc21. The number of benzene rings is 2. The first-order valence-electron chi connectivity index (χ1n) is 11.8. The average Bonchev–Trinajstić information content (AvgIpc) is 3.16. The molecule has 0 saturated carbocycles. The number of aromatic nitrogens is 3. The number of aryl methyl sites for hydroxylation is 1. The second-order valence-corrected chi connectivity index (χ2v) is 9.29. The second kappa shape index (κ2) is 9.79. The van der Waals surface area contributed by atoms with E-state index < -0.39 is 0 Å². The summed E-state index contributed by atoms with van der Waals surface area (Å²) in [6, 6.07) is 14.6. The molecule has 2 aromatic heterocycles. The first kappa shape index (κ1) is 23.1. The summed E-state index contributed by atoms with van der Waals surface area (Å²) in [6.45, 7) is 5.52. The lowest BCUT2D eigenvalue weighted by molar-refractivity contribution is 0.283. The van der Waals surface area contributed by atoms with Crippen molar-refractivity contribution >= 4 is 21.7 Å². The van der Waals surface area contributed by atoms with Crippen molar-refractivity contribution in [1.29, 1.82) is 0 Å². The van der Waals surface area contributed by atoms with Crippen molar-refractivity contribution in [3.63, 3.8) is 0 Å². The van der Waals surface area contributed by atoms with Crippen LogP contribution in [-0.2, 0) is 26.6 Å². The van der Waals surface area contributed by atoms with E-state index in [-0.39, 0.29) is 23.8 Å². The maximum absolute atomic E-state index is 13.3. The van der Waals surface area contributed by atoms with Gasteiger partial charge in [-0.15, -0.1) is 0 Å². The third-order valence-electron chi connectivity index (χ3n) is 6.34. The Morgan fingerprint density at radius 2 is 1.73 bits per heavy atom. The van der Waals surface area contributed by atoms with E-state index >= 15 is 0 Å². The molecule has 0 aliphatic rings. The highest BCUT2D eigenvalue weighted by Crippen LogP contribution is 2.25. The van der Waals surface area contributed by atoms with Crippen LogP contribution in [0.1, 0.15) is 44.4 Å². The number of fused-ring (bicyclic) bond motifs is 2. The first-order valence-corrected chi connectivity index (χ1v) is 11.8. The van der Waals surface area contributed by atoms with E-state index in [1.54, 1.807) is 11.6 Å². The Morgan fingerprint density at radius 1 is 0.970 bits per heavy atom. The molecule has 2 aromatic carbocycles. The van der Waals surface area contributed by atoms with Crippen LogP contribution >= 0.6 is 0 Å². The molecule has 0 spiro atoms. The third-order valence-corrected chi connectivity index (χ3v) is 6.34. The van der Waals surface area contributed by atoms with Crippen molar-refractivity contribution in [3.8, 4) is 0 Å². The molecule has 33 heavy (non-hydrogen) atoms. The van der Waals surface area contributed by atoms with Gasteiger partial charge in [0, 0.05) is 38.6 Å². The minimum Gasteiger partial charge on any atom is -0.396 e. The van der Waals surface area contributed by atoms with Gasteiger partial charge in [0.15, 0.2) is 0 Å². The van der Waals surface area contributed by atoms with Gasteiger partial charge in [0.1, 0.15) is 0 Å². The van der Waals surface area contributed by atoms with Gasteiger partial charge in [0.25, 0.3) is 5.56 Å². The molecule has 0 atom stereocenters. The van der Waals surface area contributed by atoms with Gasteiger partial charge in [-0.3, -0.25) is 13.9 Å². The largest absolute Gasteiger partial charge is 0.396 e. The highest BCUT2D eigenvalue weighted by Gasteiger charge is 2.20. The maximum Gasteiger partial charge on any atom is 0.331 e. The highest BCUT2D eigenvalue weighted by molar-refractivity contribution is 5.86. The molecule has 6 nitrogen and oxygen atoms in total. The van der Waals surface area contributed by atoms with Crippen molar-refractivity contribution in [2.45, 2.75) is 52.6 Å². The molecule has 0 aliphatic carbocycles. The van der Waals surface area contributed by atoms with Crippen LogP contribution in [0.2, 0.25) is 0 Å². The predicted molar refractivity (Wildman–Crippen MR) is 134 cm³/mol. The zero-order valence-corrected chi connectivity index (χ0v) is 19.8. The van der Waals surface area contributed by atoms with Crippen molar-refractivity contribution in [2.24, 2.45) is 13.0 Å². The molecule has 174 valence electrons. The molecule has 1 N–H and O–H groups in total. The van der Waals surface area contributed by atoms with E-state index in [0.717, 1.165) is 31.4 Å². The summed E-state index contributed by atoms with van der Waals surface area (Å²) >= 11 is 0. The van der Waals surface area contributed by atoms with Gasteiger partial charge in [-0.25, -0.2) is 4.79 Å². The van der Waals surface area contributed by atoms with E-state index in [2.05, 4.69) is 48.7 Å². The fourth-order valence-electron chi connectivity index (χ4n) is 4.70. The summed E-state index contributed by atoms with van der Waals surface area (Å²) in [4.78, 5) is 26.3. The van der Waals surface area contributed by atoms with E-state index in [1.807, 2.05) is 18.3 Å². The van der Waals surface area contributed by atoms with E-state index in [0.29, 0.717) is 24.0 Å². The van der Waals surface area contributed by atoms with Crippen molar-refractivity contribution in [3.05, 3.63) is 80.8 Å². The van der Waals surface area contributed by atoms with Crippen molar-refractivity contribution < 1.29 is 5.11 Å². The van der Waals surface area contributed by atoms with Gasteiger partial charge >= 0.3 is 5.69 Å². The number of hydrogen-bond donors (Lipinski definition) is 1. The molecule has 0 unspecified atom stereocenters. The van der Waals surface area contributed by atoms with Crippen molar-refractivity contribution in [1.82, 2.24) is 13.7 Å². The Morgan fingerprint density at radius 3 is 2.48 bits per heavy atom. The molecular formula is C27H33N3O3. The molecule has 4 aromatic rings. The smallest absolute Gasteiger partial charge is 0.331 e. The highest BCUT2D eigenvalue weighted by atomic mass is 16.3. The summed E-state index contributed by atoms with van der Waals surface area (Å²) in [7, 11) is 1.57. The Bertz CT molecular complexity index is 1390. The molecule has 0 saturated heterocycles. The lowest BCUT2D eigenvalue weighted by Crippen LogP contribution is -2.38. The fraction of sp³-hybridized carbons (Fsp3) is 0.407. The Hall–Kier alpha value is -3.12. The Balaban J connectivity index is 1.91. The maximum atomic E-state index is 13.3. The molecule has 6 heteroatoms. The summed E-state index contributed by atoms with van der Waals surface area (Å²) in [5, 5.41) is 12.2. The minimum absolute atomic E-state index is 0.174. The van der Waals surface area contributed by atoms with Crippen LogP contribution in [0, 0.1) is 5.92 Å². The average molecular weight is 448 g/mol. The second-order valence-electron chi connectivity index (χ2n) is 9.29. The Kier molecular flexibility index (Phi) is 6.84. The quantitative estimate of drug-likeness (QED) is 0.393. The standard InChI is InChI=1S/C27H33N3O3/c1-19(2)16-30-24-18-29(17-21-12-9-11-20-10-6-7-13-22(20)21)23(14-5-4-8-15-31)25(24)26(32)28(3)27(30)33/h6-7,9-13,18-19,31H,4-5,8,14-17H2,1-3H3. The summed E-state index contributed by atoms with van der Waals surface area (Å²) in [5.41, 5.74) is 2.36. The van der Waals surface area contributed by atoms with Crippen LogP contribution in [0.3, 0.4) is 0 Å².